The van der Waals surface area contributed by atoms with Crippen LogP contribution in [0.4, 0.5) is 5.82 Å². The third-order valence-electron chi connectivity index (χ3n) is 7.01. The quantitative estimate of drug-likeness (QED) is 0.690. The Morgan fingerprint density at radius 1 is 1.15 bits per heavy atom. The van der Waals surface area contributed by atoms with E-state index in [1.165, 1.54) is 17.0 Å². The van der Waals surface area contributed by atoms with Gasteiger partial charge in [0.2, 0.25) is 5.91 Å². The molecule has 1 unspecified atom stereocenters. The number of rotatable bonds is 6. The van der Waals surface area contributed by atoms with Crippen molar-refractivity contribution in [1.82, 2.24) is 14.5 Å². The van der Waals surface area contributed by atoms with E-state index in [0.29, 0.717) is 64.1 Å². The van der Waals surface area contributed by atoms with Crippen molar-refractivity contribution in [2.75, 3.05) is 31.1 Å². The highest BCUT2D eigenvalue weighted by molar-refractivity contribution is 5.77. The second kappa shape index (κ2) is 10.1. The first-order chi connectivity index (χ1) is 15.8. The van der Waals surface area contributed by atoms with Gasteiger partial charge in [-0.3, -0.25) is 14.2 Å². The van der Waals surface area contributed by atoms with Crippen LogP contribution in [0.3, 0.4) is 0 Å². The molecule has 1 atom stereocenters. The summed E-state index contributed by atoms with van der Waals surface area (Å²) in [7, 11) is 0. The van der Waals surface area contributed by atoms with Gasteiger partial charge >= 0.3 is 0 Å². The summed E-state index contributed by atoms with van der Waals surface area (Å²) >= 11 is 0. The molecule has 4 rings (SSSR count). The van der Waals surface area contributed by atoms with Crippen LogP contribution in [0.2, 0.25) is 0 Å². The van der Waals surface area contributed by atoms with Crippen molar-refractivity contribution in [3.8, 4) is 0 Å². The standard InChI is InChI=1S/C25H34N4O4/c1-19(20-5-3-2-4-6-20)15-23(31)28-13-9-25(33,10-14-28)17-29-18-26-22(16-24(29)32)27-11-7-21(30)8-12-27/h2-6,16,18-19,21,30,33H,7-15,17H2,1H3. The molecule has 0 spiro atoms. The second-order valence-corrected chi connectivity index (χ2v) is 9.55. The number of anilines is 1. The fourth-order valence-electron chi connectivity index (χ4n) is 4.74. The highest BCUT2D eigenvalue weighted by Gasteiger charge is 2.35. The summed E-state index contributed by atoms with van der Waals surface area (Å²) in [5, 5.41) is 20.8. The zero-order chi connectivity index (χ0) is 23.4. The maximum atomic E-state index is 12.8. The van der Waals surface area contributed by atoms with Crippen molar-refractivity contribution in [2.24, 2.45) is 0 Å². The van der Waals surface area contributed by atoms with Gasteiger partial charge in [-0.2, -0.15) is 0 Å². The van der Waals surface area contributed by atoms with Crippen LogP contribution in [0.25, 0.3) is 0 Å². The van der Waals surface area contributed by atoms with Gasteiger partial charge in [-0.25, -0.2) is 4.98 Å². The Hall–Kier alpha value is -2.71. The highest BCUT2D eigenvalue weighted by Crippen LogP contribution is 2.26. The summed E-state index contributed by atoms with van der Waals surface area (Å²) in [5.74, 6) is 0.858. The van der Waals surface area contributed by atoms with E-state index in [2.05, 4.69) is 11.9 Å². The molecule has 0 aliphatic carbocycles. The van der Waals surface area contributed by atoms with Gasteiger partial charge in [0.1, 0.15) is 5.82 Å². The summed E-state index contributed by atoms with van der Waals surface area (Å²) < 4.78 is 1.46. The van der Waals surface area contributed by atoms with Gasteiger partial charge in [-0.15, -0.1) is 0 Å². The van der Waals surface area contributed by atoms with Crippen LogP contribution in [0.5, 0.6) is 0 Å². The lowest BCUT2D eigenvalue weighted by Crippen LogP contribution is -2.49. The molecule has 1 aromatic heterocycles. The SMILES string of the molecule is CC(CC(=O)N1CCC(O)(Cn2cnc(N3CCC(O)CC3)cc2=O)CC1)c1ccccc1. The molecule has 178 valence electrons. The normalized spacial score (nSPS) is 20.0. The number of amides is 1. The minimum absolute atomic E-state index is 0.100. The lowest BCUT2D eigenvalue weighted by Gasteiger charge is -2.38. The molecule has 0 bridgehead atoms. The predicted octanol–water partition coefficient (Wildman–Crippen LogP) is 1.75. The summed E-state index contributed by atoms with van der Waals surface area (Å²) in [6, 6.07) is 11.5. The van der Waals surface area contributed by atoms with E-state index >= 15 is 0 Å². The fourth-order valence-corrected chi connectivity index (χ4v) is 4.74. The molecule has 3 heterocycles. The van der Waals surface area contributed by atoms with Crippen molar-refractivity contribution in [3.63, 3.8) is 0 Å². The third kappa shape index (κ3) is 5.81. The van der Waals surface area contributed by atoms with E-state index in [9.17, 15) is 19.8 Å². The number of likely N-dealkylation sites (tertiary alicyclic amines) is 1. The van der Waals surface area contributed by atoms with E-state index in [4.69, 9.17) is 0 Å². The van der Waals surface area contributed by atoms with Gasteiger partial charge in [0.25, 0.3) is 5.56 Å². The van der Waals surface area contributed by atoms with Gasteiger partial charge in [0, 0.05) is 38.7 Å². The zero-order valence-corrected chi connectivity index (χ0v) is 19.3. The molecule has 2 aromatic rings. The second-order valence-electron chi connectivity index (χ2n) is 9.55. The Morgan fingerprint density at radius 3 is 2.45 bits per heavy atom. The molecule has 2 fully saturated rings. The number of nitrogens with zero attached hydrogens (tertiary/aromatic N) is 4. The lowest BCUT2D eigenvalue weighted by molar-refractivity contribution is -0.136. The predicted molar refractivity (Wildman–Crippen MR) is 126 cm³/mol. The average molecular weight is 455 g/mol. The summed E-state index contributed by atoms with van der Waals surface area (Å²) in [5.41, 5.74) is -0.0884. The molecule has 0 saturated carbocycles. The largest absolute Gasteiger partial charge is 0.393 e. The smallest absolute Gasteiger partial charge is 0.255 e. The van der Waals surface area contributed by atoms with Gasteiger partial charge in [-0.05, 0) is 37.2 Å². The van der Waals surface area contributed by atoms with E-state index in [-0.39, 0.29) is 30.0 Å². The van der Waals surface area contributed by atoms with Crippen LogP contribution in [0.15, 0.2) is 47.5 Å². The number of aliphatic hydroxyl groups excluding tert-OH is 1. The Balaban J connectivity index is 1.31. The molecule has 0 radical (unpaired) electrons. The van der Waals surface area contributed by atoms with Crippen LogP contribution >= 0.6 is 0 Å². The van der Waals surface area contributed by atoms with Crippen molar-refractivity contribution in [3.05, 3.63) is 58.6 Å². The Labute approximate surface area is 194 Å². The average Bonchev–Trinajstić information content (AvgIpc) is 2.82. The zero-order valence-electron chi connectivity index (χ0n) is 19.3. The molecule has 8 heteroatoms. The van der Waals surface area contributed by atoms with E-state index in [1.54, 1.807) is 0 Å². The van der Waals surface area contributed by atoms with E-state index in [1.807, 2.05) is 40.1 Å². The molecule has 2 aliphatic heterocycles. The molecule has 33 heavy (non-hydrogen) atoms. The van der Waals surface area contributed by atoms with Gasteiger partial charge in [0.15, 0.2) is 0 Å². The lowest BCUT2D eigenvalue weighted by atomic mass is 9.90. The fraction of sp³-hybridized carbons (Fsp3) is 0.560. The number of benzene rings is 1. The summed E-state index contributed by atoms with van der Waals surface area (Å²) in [6.45, 7) is 4.53. The Bertz CT molecular complexity index is 993. The van der Waals surface area contributed by atoms with Crippen LogP contribution < -0.4 is 10.5 Å². The monoisotopic (exact) mass is 454 g/mol. The number of hydrogen-bond acceptors (Lipinski definition) is 6. The Kier molecular flexibility index (Phi) is 7.14. The molecule has 1 amide bonds. The molecule has 8 nitrogen and oxygen atoms in total. The van der Waals surface area contributed by atoms with Crippen LogP contribution in [-0.2, 0) is 11.3 Å². The van der Waals surface area contributed by atoms with Crippen LogP contribution in [-0.4, -0.2) is 68.5 Å². The van der Waals surface area contributed by atoms with Crippen molar-refractivity contribution in [1.29, 1.82) is 0 Å². The number of hydrogen-bond donors (Lipinski definition) is 2. The highest BCUT2D eigenvalue weighted by atomic mass is 16.3. The maximum Gasteiger partial charge on any atom is 0.255 e. The topological polar surface area (TPSA) is 98.9 Å². The molecule has 2 saturated heterocycles. The minimum atomic E-state index is -1.04. The number of carbonyl (C=O) groups is 1. The first-order valence-electron chi connectivity index (χ1n) is 11.9. The van der Waals surface area contributed by atoms with Crippen LogP contribution in [0.1, 0.15) is 50.5 Å². The first kappa shape index (κ1) is 23.4. The number of aromatic nitrogens is 2. The third-order valence-corrected chi connectivity index (χ3v) is 7.01. The molecule has 1 aromatic carbocycles. The Morgan fingerprint density at radius 2 is 1.82 bits per heavy atom. The van der Waals surface area contributed by atoms with E-state index < -0.39 is 5.60 Å². The van der Waals surface area contributed by atoms with Crippen molar-refractivity contribution >= 4 is 11.7 Å². The van der Waals surface area contributed by atoms with Gasteiger partial charge in [-0.1, -0.05) is 37.3 Å². The number of carbonyl (C=O) groups excluding carboxylic acids is 1. The maximum absolute atomic E-state index is 12.8. The molecule has 2 N–H and O–H groups in total. The molecular formula is C25H34N4O4. The number of aliphatic hydroxyl groups is 2. The summed E-state index contributed by atoms with van der Waals surface area (Å²) in [6.07, 6.45) is 3.86. The van der Waals surface area contributed by atoms with Crippen molar-refractivity contribution < 1.29 is 15.0 Å². The molecule has 2 aliphatic rings. The van der Waals surface area contributed by atoms with Crippen LogP contribution in [0, 0.1) is 0 Å². The number of piperidine rings is 2. The summed E-state index contributed by atoms with van der Waals surface area (Å²) in [4.78, 5) is 33.7. The van der Waals surface area contributed by atoms with E-state index in [0.717, 1.165) is 5.56 Å². The van der Waals surface area contributed by atoms with Crippen molar-refractivity contribution in [2.45, 2.75) is 63.2 Å². The van der Waals surface area contributed by atoms with Gasteiger partial charge in [0.05, 0.1) is 24.6 Å². The molecular weight excluding hydrogens is 420 g/mol. The van der Waals surface area contributed by atoms with Gasteiger partial charge < -0.3 is 20.0 Å². The minimum Gasteiger partial charge on any atom is -0.393 e. The first-order valence-corrected chi connectivity index (χ1v) is 11.9.